The van der Waals surface area contributed by atoms with Crippen LogP contribution in [-0.4, -0.2) is 24.7 Å². The van der Waals surface area contributed by atoms with Gasteiger partial charge in [0.2, 0.25) is 5.91 Å². The highest BCUT2D eigenvalue weighted by atomic mass is 16.5. The largest absolute Gasteiger partial charge is 0.381 e. The lowest BCUT2D eigenvalue weighted by Gasteiger charge is -2.38. The molecule has 88 valence electrons. The first-order chi connectivity index (χ1) is 7.18. The Morgan fingerprint density at radius 2 is 2.00 bits per heavy atom. The Labute approximate surface area is 92.6 Å². The van der Waals surface area contributed by atoms with E-state index in [9.17, 15) is 4.79 Å². The van der Waals surface area contributed by atoms with Gasteiger partial charge in [0.05, 0.1) is 0 Å². The van der Waals surface area contributed by atoms with Crippen LogP contribution in [0.1, 0.15) is 52.4 Å². The van der Waals surface area contributed by atoms with Crippen molar-refractivity contribution < 1.29 is 9.53 Å². The van der Waals surface area contributed by atoms with Gasteiger partial charge in [-0.3, -0.25) is 4.79 Å². The molecule has 1 fully saturated rings. The minimum absolute atomic E-state index is 0.0270. The summed E-state index contributed by atoms with van der Waals surface area (Å²) in [6.45, 7) is 5.38. The van der Waals surface area contributed by atoms with E-state index in [1.807, 2.05) is 0 Å². The third-order valence-electron chi connectivity index (χ3n) is 3.15. The second-order valence-electron chi connectivity index (χ2n) is 4.53. The lowest BCUT2D eigenvalue weighted by atomic mass is 9.84. The van der Waals surface area contributed by atoms with E-state index >= 15 is 0 Å². The molecule has 1 amide bonds. The van der Waals surface area contributed by atoms with Crippen molar-refractivity contribution in [2.24, 2.45) is 0 Å². The number of unbranched alkanes of at least 4 members (excludes halogenated alkanes) is 2. The zero-order valence-corrected chi connectivity index (χ0v) is 9.97. The molecule has 3 nitrogen and oxygen atoms in total. The van der Waals surface area contributed by atoms with Gasteiger partial charge in [-0.1, -0.05) is 26.2 Å². The van der Waals surface area contributed by atoms with Crippen molar-refractivity contribution >= 4 is 5.91 Å². The van der Waals surface area contributed by atoms with Crippen molar-refractivity contribution in [3.8, 4) is 0 Å². The van der Waals surface area contributed by atoms with E-state index in [1.54, 1.807) is 6.92 Å². The molecule has 0 atom stereocenters. The molecule has 0 radical (unpaired) electrons. The Hall–Kier alpha value is -0.570. The van der Waals surface area contributed by atoms with Gasteiger partial charge in [-0.25, -0.2) is 0 Å². The zero-order chi connectivity index (χ0) is 11.1. The van der Waals surface area contributed by atoms with Crippen LogP contribution in [0.3, 0.4) is 0 Å². The zero-order valence-electron chi connectivity index (χ0n) is 9.97. The van der Waals surface area contributed by atoms with Crippen LogP contribution in [0.4, 0.5) is 0 Å². The minimum atomic E-state index is 0.0270. The fraction of sp³-hybridized carbons (Fsp3) is 0.917. The van der Waals surface area contributed by atoms with Crippen LogP contribution in [-0.2, 0) is 9.53 Å². The van der Waals surface area contributed by atoms with E-state index in [0.717, 1.165) is 32.5 Å². The molecule has 0 unspecified atom stereocenters. The molecule has 1 N–H and O–H groups in total. The molecule has 0 spiro atoms. The Morgan fingerprint density at radius 1 is 1.33 bits per heavy atom. The maximum absolute atomic E-state index is 11.2. The molecule has 0 bridgehead atoms. The molecular formula is C12H23NO2. The van der Waals surface area contributed by atoms with E-state index in [-0.39, 0.29) is 11.4 Å². The van der Waals surface area contributed by atoms with E-state index in [0.29, 0.717) is 0 Å². The standard InChI is InChI=1S/C12H23NO2/c1-3-4-5-6-12(13-11(2)14)7-9-15-10-8-12/h3-10H2,1-2H3,(H,13,14). The van der Waals surface area contributed by atoms with Crippen molar-refractivity contribution in [3.05, 3.63) is 0 Å². The number of nitrogens with one attached hydrogen (secondary N) is 1. The van der Waals surface area contributed by atoms with Crippen molar-refractivity contribution in [2.45, 2.75) is 57.9 Å². The summed E-state index contributed by atoms with van der Waals surface area (Å²) in [7, 11) is 0. The molecular weight excluding hydrogens is 190 g/mol. The van der Waals surface area contributed by atoms with E-state index in [4.69, 9.17) is 4.74 Å². The van der Waals surface area contributed by atoms with Crippen molar-refractivity contribution in [3.63, 3.8) is 0 Å². The molecule has 0 aromatic rings. The minimum Gasteiger partial charge on any atom is -0.381 e. The maximum Gasteiger partial charge on any atom is 0.217 e. The van der Waals surface area contributed by atoms with Gasteiger partial charge in [-0.15, -0.1) is 0 Å². The summed E-state index contributed by atoms with van der Waals surface area (Å²) in [6, 6.07) is 0. The second-order valence-corrected chi connectivity index (χ2v) is 4.53. The molecule has 1 rings (SSSR count). The smallest absolute Gasteiger partial charge is 0.217 e. The van der Waals surface area contributed by atoms with Crippen LogP contribution in [0.25, 0.3) is 0 Å². The summed E-state index contributed by atoms with van der Waals surface area (Å²) in [5, 5.41) is 3.14. The van der Waals surface area contributed by atoms with Gasteiger partial charge in [0.25, 0.3) is 0 Å². The SMILES string of the molecule is CCCCCC1(NC(C)=O)CCOCC1. The monoisotopic (exact) mass is 213 g/mol. The molecule has 1 saturated heterocycles. The number of hydrogen-bond donors (Lipinski definition) is 1. The fourth-order valence-corrected chi connectivity index (χ4v) is 2.29. The van der Waals surface area contributed by atoms with Crippen molar-refractivity contribution in [1.82, 2.24) is 5.32 Å². The molecule has 15 heavy (non-hydrogen) atoms. The Morgan fingerprint density at radius 3 is 2.53 bits per heavy atom. The molecule has 0 aliphatic carbocycles. The highest BCUT2D eigenvalue weighted by Crippen LogP contribution is 2.26. The summed E-state index contributed by atoms with van der Waals surface area (Å²) in [6.07, 6.45) is 6.72. The first-order valence-electron chi connectivity index (χ1n) is 6.05. The summed E-state index contributed by atoms with van der Waals surface area (Å²) in [5.74, 6) is 0.0911. The number of carbonyl (C=O) groups is 1. The Balaban J connectivity index is 2.46. The van der Waals surface area contributed by atoms with E-state index in [1.165, 1.54) is 19.3 Å². The number of carbonyl (C=O) groups excluding carboxylic acids is 1. The Bertz CT molecular complexity index is 198. The van der Waals surface area contributed by atoms with E-state index in [2.05, 4.69) is 12.2 Å². The van der Waals surface area contributed by atoms with Gasteiger partial charge in [0.1, 0.15) is 0 Å². The van der Waals surface area contributed by atoms with Gasteiger partial charge in [0.15, 0.2) is 0 Å². The first-order valence-corrected chi connectivity index (χ1v) is 6.05. The molecule has 0 saturated carbocycles. The summed E-state index contributed by atoms with van der Waals surface area (Å²) >= 11 is 0. The first kappa shape index (κ1) is 12.5. The normalized spacial score (nSPS) is 19.9. The van der Waals surface area contributed by atoms with Crippen LogP contribution >= 0.6 is 0 Å². The van der Waals surface area contributed by atoms with Crippen molar-refractivity contribution in [1.29, 1.82) is 0 Å². The number of hydrogen-bond acceptors (Lipinski definition) is 2. The van der Waals surface area contributed by atoms with Gasteiger partial charge < -0.3 is 10.1 Å². The van der Waals surface area contributed by atoms with Gasteiger partial charge >= 0.3 is 0 Å². The van der Waals surface area contributed by atoms with Gasteiger partial charge in [0, 0.05) is 25.7 Å². The van der Waals surface area contributed by atoms with Crippen LogP contribution in [0, 0.1) is 0 Å². The predicted octanol–water partition coefficient (Wildman–Crippen LogP) is 2.25. The molecule has 1 aliphatic rings. The van der Waals surface area contributed by atoms with Gasteiger partial charge in [-0.2, -0.15) is 0 Å². The summed E-state index contributed by atoms with van der Waals surface area (Å²) < 4.78 is 5.36. The lowest BCUT2D eigenvalue weighted by molar-refractivity contribution is -0.122. The van der Waals surface area contributed by atoms with E-state index < -0.39 is 0 Å². The highest BCUT2D eigenvalue weighted by Gasteiger charge is 2.32. The molecule has 3 heteroatoms. The molecule has 0 aromatic heterocycles. The van der Waals surface area contributed by atoms with Crippen LogP contribution < -0.4 is 5.32 Å². The molecule has 1 aliphatic heterocycles. The molecule has 1 heterocycles. The van der Waals surface area contributed by atoms with Crippen molar-refractivity contribution in [2.75, 3.05) is 13.2 Å². The van der Waals surface area contributed by atoms with Crippen LogP contribution in [0.2, 0.25) is 0 Å². The van der Waals surface area contributed by atoms with Gasteiger partial charge in [-0.05, 0) is 19.3 Å². The number of ether oxygens (including phenoxy) is 1. The number of amides is 1. The maximum atomic E-state index is 11.2. The Kier molecular flexibility index (Phi) is 5.09. The summed E-state index contributed by atoms with van der Waals surface area (Å²) in [4.78, 5) is 11.2. The van der Waals surface area contributed by atoms with Crippen LogP contribution in [0.5, 0.6) is 0 Å². The number of rotatable bonds is 5. The molecule has 0 aromatic carbocycles. The second kappa shape index (κ2) is 6.11. The topological polar surface area (TPSA) is 38.3 Å². The third kappa shape index (κ3) is 4.20. The third-order valence-corrected chi connectivity index (χ3v) is 3.15. The average molecular weight is 213 g/mol. The fourth-order valence-electron chi connectivity index (χ4n) is 2.29. The van der Waals surface area contributed by atoms with Crippen LogP contribution in [0.15, 0.2) is 0 Å². The summed E-state index contributed by atoms with van der Waals surface area (Å²) in [5.41, 5.74) is 0.0270. The lowest BCUT2D eigenvalue weighted by Crippen LogP contribution is -2.51. The predicted molar refractivity (Wildman–Crippen MR) is 60.7 cm³/mol. The highest BCUT2D eigenvalue weighted by molar-refractivity contribution is 5.73. The average Bonchev–Trinajstić information content (AvgIpc) is 2.18. The quantitative estimate of drug-likeness (QED) is 0.711.